The van der Waals surface area contributed by atoms with Crippen molar-refractivity contribution in [2.75, 3.05) is 6.54 Å². The fourth-order valence-corrected chi connectivity index (χ4v) is 4.09. The van der Waals surface area contributed by atoms with Crippen molar-refractivity contribution in [1.82, 2.24) is 9.88 Å². The smallest absolute Gasteiger partial charge is 0.135 e. The van der Waals surface area contributed by atoms with Gasteiger partial charge in [0.25, 0.3) is 0 Å². The Morgan fingerprint density at radius 3 is 2.42 bits per heavy atom. The molecule has 1 aliphatic rings. The number of aliphatic hydroxyl groups is 1. The molecule has 1 aliphatic heterocycles. The first-order valence-electron chi connectivity index (χ1n) is 8.49. The number of nitrogens with one attached hydrogen (secondary N) is 1. The van der Waals surface area contributed by atoms with Crippen LogP contribution in [0.25, 0.3) is 16.8 Å². The summed E-state index contributed by atoms with van der Waals surface area (Å²) in [4.78, 5) is 6.57. The topological polar surface area (TPSA) is 60.2 Å². The van der Waals surface area contributed by atoms with Crippen LogP contribution in [0.2, 0.25) is 0 Å². The standard InChI is InChI=1S/C21H19N3OS/c1-14(15-8-4-2-5-9-15)24-12-18(25)19(20(24)22)21-23-17(13-26-21)16-10-6-3-7-11-16/h2-11,13-14,22,25H,12H2,1H3/t14-/m1/s1. The minimum atomic E-state index is 0.0110. The highest BCUT2D eigenvalue weighted by atomic mass is 32.1. The third-order valence-electron chi connectivity index (χ3n) is 4.67. The Bertz CT molecular complexity index is 963. The monoisotopic (exact) mass is 361 g/mol. The van der Waals surface area contributed by atoms with E-state index < -0.39 is 0 Å². The van der Waals surface area contributed by atoms with E-state index in [0.717, 1.165) is 16.8 Å². The number of aromatic nitrogens is 1. The maximum atomic E-state index is 10.5. The summed E-state index contributed by atoms with van der Waals surface area (Å²) in [6.07, 6.45) is 0. The van der Waals surface area contributed by atoms with Crippen LogP contribution in [-0.4, -0.2) is 27.4 Å². The molecule has 4 nitrogen and oxygen atoms in total. The number of nitrogens with zero attached hydrogens (tertiary/aromatic N) is 2. The molecule has 0 fully saturated rings. The van der Waals surface area contributed by atoms with Crippen molar-refractivity contribution in [3.05, 3.63) is 82.4 Å². The summed E-state index contributed by atoms with van der Waals surface area (Å²) in [6.45, 7) is 2.39. The van der Waals surface area contributed by atoms with Gasteiger partial charge in [-0.25, -0.2) is 4.98 Å². The van der Waals surface area contributed by atoms with Gasteiger partial charge in [0.2, 0.25) is 0 Å². The molecule has 1 aromatic heterocycles. The fraction of sp³-hybridized carbons (Fsp3) is 0.143. The molecule has 4 rings (SSSR count). The molecular weight excluding hydrogens is 342 g/mol. The Morgan fingerprint density at radius 1 is 1.08 bits per heavy atom. The van der Waals surface area contributed by atoms with Crippen molar-refractivity contribution >= 4 is 22.7 Å². The first kappa shape index (κ1) is 16.5. The lowest BCUT2D eigenvalue weighted by Crippen LogP contribution is -2.29. The number of aliphatic hydroxyl groups excluding tert-OH is 1. The van der Waals surface area contributed by atoms with Crippen LogP contribution in [0.5, 0.6) is 0 Å². The van der Waals surface area contributed by atoms with E-state index in [0.29, 0.717) is 23.0 Å². The summed E-state index contributed by atoms with van der Waals surface area (Å²) >= 11 is 1.46. The highest BCUT2D eigenvalue weighted by Gasteiger charge is 2.33. The van der Waals surface area contributed by atoms with Crippen molar-refractivity contribution in [3.8, 4) is 11.3 Å². The quantitative estimate of drug-likeness (QED) is 0.677. The summed E-state index contributed by atoms with van der Waals surface area (Å²) < 4.78 is 0. The number of rotatable bonds is 4. The maximum absolute atomic E-state index is 10.5. The lowest BCUT2D eigenvalue weighted by molar-refractivity contribution is 0.310. The van der Waals surface area contributed by atoms with Gasteiger partial charge in [0.05, 0.1) is 23.9 Å². The van der Waals surface area contributed by atoms with Crippen molar-refractivity contribution < 1.29 is 5.11 Å². The molecule has 0 unspecified atom stereocenters. The maximum Gasteiger partial charge on any atom is 0.135 e. The fourth-order valence-electron chi connectivity index (χ4n) is 3.20. The molecule has 0 spiro atoms. The van der Waals surface area contributed by atoms with Crippen LogP contribution in [0, 0.1) is 5.41 Å². The Balaban J connectivity index is 1.61. The van der Waals surface area contributed by atoms with Crippen LogP contribution >= 0.6 is 11.3 Å². The lowest BCUT2D eigenvalue weighted by Gasteiger charge is -2.26. The average molecular weight is 361 g/mol. The highest BCUT2D eigenvalue weighted by Crippen LogP contribution is 2.35. The van der Waals surface area contributed by atoms with Crippen molar-refractivity contribution in [2.45, 2.75) is 13.0 Å². The van der Waals surface area contributed by atoms with E-state index in [-0.39, 0.29) is 11.8 Å². The van der Waals surface area contributed by atoms with Crippen LogP contribution in [0.3, 0.4) is 0 Å². The van der Waals surface area contributed by atoms with Crippen LogP contribution in [0.4, 0.5) is 0 Å². The van der Waals surface area contributed by atoms with Gasteiger partial charge < -0.3 is 10.0 Å². The zero-order chi connectivity index (χ0) is 18.1. The zero-order valence-electron chi connectivity index (χ0n) is 14.4. The Morgan fingerprint density at radius 2 is 1.73 bits per heavy atom. The molecule has 3 aromatic rings. The molecule has 0 aliphatic carbocycles. The predicted octanol–water partition coefficient (Wildman–Crippen LogP) is 5.13. The largest absolute Gasteiger partial charge is 0.510 e. The molecule has 0 saturated heterocycles. The van der Waals surface area contributed by atoms with E-state index in [1.165, 1.54) is 11.3 Å². The minimum absolute atomic E-state index is 0.0110. The highest BCUT2D eigenvalue weighted by molar-refractivity contribution is 7.11. The second kappa shape index (κ2) is 6.77. The molecule has 2 heterocycles. The second-order valence-electron chi connectivity index (χ2n) is 6.29. The summed E-state index contributed by atoms with van der Waals surface area (Å²) in [5.41, 5.74) is 3.57. The SMILES string of the molecule is C[C@H](c1ccccc1)N1CC(O)=C(c2nc(-c3ccccc3)cs2)C1=N. The minimum Gasteiger partial charge on any atom is -0.510 e. The molecule has 1 atom stereocenters. The van der Waals surface area contributed by atoms with Crippen molar-refractivity contribution in [3.63, 3.8) is 0 Å². The van der Waals surface area contributed by atoms with E-state index in [2.05, 4.69) is 11.9 Å². The number of hydrogen-bond donors (Lipinski definition) is 2. The van der Waals surface area contributed by atoms with Gasteiger partial charge in [0.15, 0.2) is 0 Å². The third kappa shape index (κ3) is 2.91. The van der Waals surface area contributed by atoms with Crippen molar-refractivity contribution in [2.24, 2.45) is 0 Å². The molecule has 0 saturated carbocycles. The van der Waals surface area contributed by atoms with Gasteiger partial charge >= 0.3 is 0 Å². The Labute approximate surface area is 156 Å². The normalized spacial score (nSPS) is 15.6. The van der Waals surface area contributed by atoms with E-state index in [1.54, 1.807) is 0 Å². The van der Waals surface area contributed by atoms with E-state index in [1.807, 2.05) is 70.9 Å². The van der Waals surface area contributed by atoms with Gasteiger partial charge in [0.1, 0.15) is 16.6 Å². The van der Waals surface area contributed by atoms with Gasteiger partial charge in [-0.1, -0.05) is 60.7 Å². The van der Waals surface area contributed by atoms with Crippen LogP contribution in [0.1, 0.15) is 23.5 Å². The van der Waals surface area contributed by atoms with Gasteiger partial charge in [-0.05, 0) is 12.5 Å². The predicted molar refractivity (Wildman–Crippen MR) is 106 cm³/mol. The zero-order valence-corrected chi connectivity index (χ0v) is 15.2. The molecule has 2 aromatic carbocycles. The third-order valence-corrected chi connectivity index (χ3v) is 5.53. The molecule has 26 heavy (non-hydrogen) atoms. The molecule has 5 heteroatoms. The number of thiazole rings is 1. The van der Waals surface area contributed by atoms with Gasteiger partial charge in [-0.3, -0.25) is 5.41 Å². The second-order valence-corrected chi connectivity index (χ2v) is 7.15. The summed E-state index contributed by atoms with van der Waals surface area (Å²) in [7, 11) is 0. The molecular formula is C21H19N3OS. The molecule has 2 N–H and O–H groups in total. The van der Waals surface area contributed by atoms with E-state index >= 15 is 0 Å². The molecule has 0 radical (unpaired) electrons. The first-order chi connectivity index (χ1) is 12.6. The Hall–Kier alpha value is -2.92. The molecule has 130 valence electrons. The van der Waals surface area contributed by atoms with Gasteiger partial charge in [-0.2, -0.15) is 0 Å². The number of benzene rings is 2. The molecule has 0 amide bonds. The number of hydrogen-bond acceptors (Lipinski definition) is 4. The Kier molecular flexibility index (Phi) is 4.31. The van der Waals surface area contributed by atoms with E-state index in [4.69, 9.17) is 5.41 Å². The van der Waals surface area contributed by atoms with E-state index in [9.17, 15) is 5.11 Å². The van der Waals surface area contributed by atoms with Crippen molar-refractivity contribution in [1.29, 1.82) is 5.41 Å². The van der Waals surface area contributed by atoms with Crippen LogP contribution in [-0.2, 0) is 0 Å². The van der Waals surface area contributed by atoms with Gasteiger partial charge in [0, 0.05) is 10.9 Å². The summed E-state index contributed by atoms with van der Waals surface area (Å²) in [6, 6.07) is 20.0. The lowest BCUT2D eigenvalue weighted by atomic mass is 10.1. The number of amidine groups is 1. The van der Waals surface area contributed by atoms with Crippen LogP contribution < -0.4 is 0 Å². The van der Waals surface area contributed by atoms with Crippen LogP contribution in [0.15, 0.2) is 71.8 Å². The summed E-state index contributed by atoms with van der Waals surface area (Å²) in [5.74, 6) is 0.541. The van der Waals surface area contributed by atoms with Gasteiger partial charge in [-0.15, -0.1) is 11.3 Å². The summed E-state index contributed by atoms with van der Waals surface area (Å²) in [5, 5.41) is 21.8. The average Bonchev–Trinajstić information content (AvgIpc) is 3.27. The molecule has 0 bridgehead atoms. The first-order valence-corrected chi connectivity index (χ1v) is 9.37.